The Labute approximate surface area is 121 Å². The molecule has 3 N–H and O–H groups in total. The molecule has 20 heavy (non-hydrogen) atoms. The van der Waals surface area contributed by atoms with Crippen molar-refractivity contribution in [1.82, 2.24) is 9.29 Å². The fraction of sp³-hybridized carbons (Fsp3) is 0.714. The summed E-state index contributed by atoms with van der Waals surface area (Å²) in [4.78, 5) is 0.314. The van der Waals surface area contributed by atoms with Gasteiger partial charge in [-0.3, -0.25) is 0 Å². The molecule has 1 saturated carbocycles. The van der Waals surface area contributed by atoms with Crippen LogP contribution in [0, 0.1) is 5.92 Å². The van der Waals surface area contributed by atoms with Crippen molar-refractivity contribution in [1.29, 1.82) is 0 Å². The molecule has 0 aromatic carbocycles. The van der Waals surface area contributed by atoms with Crippen molar-refractivity contribution >= 4 is 10.0 Å². The van der Waals surface area contributed by atoms with Crippen molar-refractivity contribution < 1.29 is 8.42 Å². The summed E-state index contributed by atoms with van der Waals surface area (Å²) in [6.45, 7) is 6.29. The molecule has 2 rings (SSSR count). The van der Waals surface area contributed by atoms with Crippen LogP contribution < -0.4 is 10.5 Å². The number of nitrogens with two attached hydrogens (primary N) is 1. The topological polar surface area (TPSA) is 77.1 Å². The molecule has 1 aliphatic carbocycles. The predicted octanol–water partition coefficient (Wildman–Crippen LogP) is 1.99. The van der Waals surface area contributed by atoms with Gasteiger partial charge in [0.15, 0.2) is 0 Å². The summed E-state index contributed by atoms with van der Waals surface area (Å²) in [5.74, 6) is 0.701. The Morgan fingerprint density at radius 1 is 1.40 bits per heavy atom. The Hall–Kier alpha value is -0.850. The van der Waals surface area contributed by atoms with Gasteiger partial charge in [-0.15, -0.1) is 0 Å². The lowest BCUT2D eigenvalue weighted by atomic mass is 10.2. The molecule has 0 saturated heterocycles. The molecule has 0 radical (unpaired) electrons. The van der Waals surface area contributed by atoms with Gasteiger partial charge in [0.1, 0.15) is 0 Å². The van der Waals surface area contributed by atoms with E-state index >= 15 is 0 Å². The van der Waals surface area contributed by atoms with Gasteiger partial charge in [0.25, 0.3) is 0 Å². The van der Waals surface area contributed by atoms with Gasteiger partial charge in [-0.2, -0.15) is 0 Å². The minimum Gasteiger partial charge on any atom is -0.346 e. The Morgan fingerprint density at radius 2 is 2.05 bits per heavy atom. The number of hydrogen-bond donors (Lipinski definition) is 2. The third-order valence-electron chi connectivity index (χ3n) is 3.72. The highest BCUT2D eigenvalue weighted by Crippen LogP contribution is 2.33. The molecule has 1 atom stereocenters. The lowest BCUT2D eigenvalue weighted by Gasteiger charge is -2.13. The number of rotatable bonds is 7. The minimum absolute atomic E-state index is 0.0174. The molecule has 1 aromatic rings. The second-order valence-corrected chi connectivity index (χ2v) is 7.79. The van der Waals surface area contributed by atoms with Crippen molar-refractivity contribution in [2.45, 2.75) is 63.6 Å². The van der Waals surface area contributed by atoms with E-state index in [1.165, 1.54) is 12.8 Å². The van der Waals surface area contributed by atoms with Crippen LogP contribution in [-0.4, -0.2) is 19.0 Å². The van der Waals surface area contributed by atoms with Crippen molar-refractivity contribution in [2.75, 3.05) is 0 Å². The van der Waals surface area contributed by atoms with Gasteiger partial charge >= 0.3 is 0 Å². The van der Waals surface area contributed by atoms with Gasteiger partial charge in [-0.05, 0) is 39.2 Å². The second kappa shape index (κ2) is 5.87. The highest BCUT2D eigenvalue weighted by atomic mass is 32.2. The maximum absolute atomic E-state index is 12.4. The van der Waals surface area contributed by atoms with E-state index in [2.05, 4.69) is 4.72 Å². The van der Waals surface area contributed by atoms with Crippen LogP contribution in [0.1, 0.15) is 51.8 Å². The first-order chi connectivity index (χ1) is 9.33. The van der Waals surface area contributed by atoms with Gasteiger partial charge in [-0.1, -0.05) is 12.8 Å². The van der Waals surface area contributed by atoms with Crippen molar-refractivity contribution in [3.8, 4) is 0 Å². The highest BCUT2D eigenvalue weighted by Gasteiger charge is 2.27. The third kappa shape index (κ3) is 3.62. The zero-order chi connectivity index (χ0) is 14.9. The van der Waals surface area contributed by atoms with Crippen LogP contribution >= 0.6 is 0 Å². The quantitative estimate of drug-likeness (QED) is 0.808. The average Bonchev–Trinajstić information content (AvgIpc) is 3.03. The molecular weight excluding hydrogens is 274 g/mol. The zero-order valence-electron chi connectivity index (χ0n) is 12.5. The SMILES string of the molecule is CC(CC1CC1)NS(=O)(=O)c1cc(CN)n(C(C)C)c1. The predicted molar refractivity (Wildman–Crippen MR) is 79.8 cm³/mol. The van der Waals surface area contributed by atoms with Crippen molar-refractivity contribution in [3.63, 3.8) is 0 Å². The van der Waals surface area contributed by atoms with E-state index in [4.69, 9.17) is 5.73 Å². The van der Waals surface area contributed by atoms with E-state index in [-0.39, 0.29) is 12.1 Å². The second-order valence-electron chi connectivity index (χ2n) is 6.07. The molecule has 1 aliphatic rings. The molecule has 0 amide bonds. The zero-order valence-corrected chi connectivity index (χ0v) is 13.3. The molecule has 1 fully saturated rings. The molecule has 0 spiro atoms. The smallest absolute Gasteiger partial charge is 0.242 e. The first-order valence-electron chi connectivity index (χ1n) is 7.26. The van der Waals surface area contributed by atoms with Crippen LogP contribution in [0.4, 0.5) is 0 Å². The normalized spacial score (nSPS) is 17.6. The van der Waals surface area contributed by atoms with Gasteiger partial charge in [-0.25, -0.2) is 13.1 Å². The number of sulfonamides is 1. The molecule has 1 heterocycles. The maximum atomic E-state index is 12.4. The summed E-state index contributed by atoms with van der Waals surface area (Å²) in [7, 11) is -3.45. The number of hydrogen-bond acceptors (Lipinski definition) is 3. The van der Waals surface area contributed by atoms with E-state index < -0.39 is 10.0 Å². The van der Waals surface area contributed by atoms with Crippen LogP contribution in [0.3, 0.4) is 0 Å². The third-order valence-corrected chi connectivity index (χ3v) is 5.28. The Kier molecular flexibility index (Phi) is 4.56. The Bertz CT molecular complexity index is 559. The van der Waals surface area contributed by atoms with Crippen LogP contribution in [0.5, 0.6) is 0 Å². The van der Waals surface area contributed by atoms with E-state index in [0.29, 0.717) is 17.4 Å². The van der Waals surface area contributed by atoms with Crippen LogP contribution in [0.25, 0.3) is 0 Å². The molecule has 5 nitrogen and oxygen atoms in total. The Morgan fingerprint density at radius 3 is 2.50 bits per heavy atom. The number of nitrogens with zero attached hydrogens (tertiary/aromatic N) is 1. The van der Waals surface area contributed by atoms with Gasteiger partial charge < -0.3 is 10.3 Å². The van der Waals surface area contributed by atoms with Gasteiger partial charge in [0.05, 0.1) is 4.90 Å². The highest BCUT2D eigenvalue weighted by molar-refractivity contribution is 7.89. The molecule has 114 valence electrons. The fourth-order valence-corrected chi connectivity index (χ4v) is 3.83. The molecule has 0 bridgehead atoms. The monoisotopic (exact) mass is 299 g/mol. The average molecular weight is 299 g/mol. The first kappa shape index (κ1) is 15.5. The lowest BCUT2D eigenvalue weighted by Crippen LogP contribution is -2.32. The summed E-state index contributed by atoms with van der Waals surface area (Å²) < 4.78 is 29.4. The molecule has 0 aliphatic heterocycles. The summed E-state index contributed by atoms with van der Waals surface area (Å²) >= 11 is 0. The van der Waals surface area contributed by atoms with Crippen molar-refractivity contribution in [2.24, 2.45) is 11.7 Å². The van der Waals surface area contributed by atoms with Crippen LogP contribution in [0.2, 0.25) is 0 Å². The van der Waals surface area contributed by atoms with Crippen LogP contribution in [0.15, 0.2) is 17.2 Å². The van der Waals surface area contributed by atoms with E-state index in [1.807, 2.05) is 25.3 Å². The lowest BCUT2D eigenvalue weighted by molar-refractivity contribution is 0.529. The molecule has 1 aromatic heterocycles. The largest absolute Gasteiger partial charge is 0.346 e. The van der Waals surface area contributed by atoms with Gasteiger partial charge in [0.2, 0.25) is 10.0 Å². The number of aromatic nitrogens is 1. The first-order valence-corrected chi connectivity index (χ1v) is 8.75. The van der Waals surface area contributed by atoms with E-state index in [1.54, 1.807) is 12.3 Å². The summed E-state index contributed by atoms with van der Waals surface area (Å²) in [5, 5.41) is 0. The molecular formula is C14H25N3O2S. The number of nitrogens with one attached hydrogen (secondary N) is 1. The maximum Gasteiger partial charge on any atom is 0.242 e. The molecule has 6 heteroatoms. The van der Waals surface area contributed by atoms with Gasteiger partial charge in [0, 0.05) is 30.5 Å². The van der Waals surface area contributed by atoms with E-state index in [9.17, 15) is 8.42 Å². The van der Waals surface area contributed by atoms with Crippen LogP contribution in [-0.2, 0) is 16.6 Å². The van der Waals surface area contributed by atoms with E-state index in [0.717, 1.165) is 12.1 Å². The fourth-order valence-electron chi connectivity index (χ4n) is 2.52. The Balaban J connectivity index is 2.15. The standard InChI is InChI=1S/C14H25N3O2S/c1-10(2)17-9-14(7-13(17)8-15)20(18,19)16-11(3)6-12-4-5-12/h7,9-12,16H,4-6,8,15H2,1-3H3. The summed E-state index contributed by atoms with van der Waals surface area (Å²) in [5.41, 5.74) is 6.53. The molecule has 1 unspecified atom stereocenters. The van der Waals surface area contributed by atoms with Crippen molar-refractivity contribution in [3.05, 3.63) is 18.0 Å². The summed E-state index contributed by atoms with van der Waals surface area (Å²) in [6.07, 6.45) is 5.06. The summed E-state index contributed by atoms with van der Waals surface area (Å²) in [6, 6.07) is 1.85. The minimum atomic E-state index is -3.45.